The van der Waals surface area contributed by atoms with E-state index >= 15 is 0 Å². The first-order chi connectivity index (χ1) is 6.66. The highest BCUT2D eigenvalue weighted by Crippen LogP contribution is 2.27. The first-order valence-corrected chi connectivity index (χ1v) is 4.57. The quantitative estimate of drug-likeness (QED) is 0.659. The lowest BCUT2D eigenvalue weighted by molar-refractivity contribution is 0.247. The van der Waals surface area contributed by atoms with E-state index in [1.54, 1.807) is 12.1 Å². The number of carbonyl (C=O) groups excluding carboxylic acids is 1. The van der Waals surface area contributed by atoms with E-state index in [2.05, 4.69) is 10.6 Å². The van der Waals surface area contributed by atoms with Crippen molar-refractivity contribution in [2.75, 3.05) is 6.54 Å². The summed E-state index contributed by atoms with van der Waals surface area (Å²) in [7, 11) is 0. The molecule has 1 aliphatic heterocycles. The second-order valence-corrected chi connectivity index (χ2v) is 3.52. The van der Waals surface area contributed by atoms with E-state index in [0.29, 0.717) is 11.6 Å². The molecule has 14 heavy (non-hydrogen) atoms. The fourth-order valence-corrected chi connectivity index (χ4v) is 1.59. The Hall–Kier alpha value is -1.42. The number of halogens is 1. The van der Waals surface area contributed by atoms with Gasteiger partial charge in [-0.05, 0) is 17.7 Å². The summed E-state index contributed by atoms with van der Waals surface area (Å²) < 4.78 is 0. The summed E-state index contributed by atoms with van der Waals surface area (Å²) >= 11 is 5.75. The highest BCUT2D eigenvalue weighted by atomic mass is 35.5. The van der Waals surface area contributed by atoms with Crippen LogP contribution in [0.4, 0.5) is 4.79 Å². The third kappa shape index (κ3) is 1.61. The zero-order valence-electron chi connectivity index (χ0n) is 7.25. The molecule has 0 aliphatic carbocycles. The number of amides is 2. The minimum absolute atomic E-state index is 0.0488. The average molecular weight is 213 g/mol. The number of benzene rings is 1. The maximum atomic E-state index is 10.9. The number of aromatic hydroxyl groups is 1. The van der Waals surface area contributed by atoms with Crippen LogP contribution >= 0.6 is 11.6 Å². The summed E-state index contributed by atoms with van der Waals surface area (Å²) in [5.41, 5.74) is 0.881. The maximum absolute atomic E-state index is 10.9. The first kappa shape index (κ1) is 9.15. The highest BCUT2D eigenvalue weighted by molar-refractivity contribution is 6.32. The lowest BCUT2D eigenvalue weighted by Gasteiger charge is -2.09. The molecule has 0 spiro atoms. The van der Waals surface area contributed by atoms with E-state index in [1.807, 2.05) is 0 Å². The number of carbonyl (C=O) groups is 1. The van der Waals surface area contributed by atoms with Crippen molar-refractivity contribution >= 4 is 17.6 Å². The van der Waals surface area contributed by atoms with Crippen molar-refractivity contribution in [1.29, 1.82) is 0 Å². The van der Waals surface area contributed by atoms with E-state index in [0.717, 1.165) is 5.56 Å². The Kier molecular flexibility index (Phi) is 2.21. The average Bonchev–Trinajstić information content (AvgIpc) is 2.57. The summed E-state index contributed by atoms with van der Waals surface area (Å²) in [4.78, 5) is 10.9. The van der Waals surface area contributed by atoms with Gasteiger partial charge in [-0.15, -0.1) is 0 Å². The Labute approximate surface area is 85.9 Å². The summed E-state index contributed by atoms with van der Waals surface area (Å²) in [5, 5.41) is 14.9. The van der Waals surface area contributed by atoms with Gasteiger partial charge in [-0.2, -0.15) is 0 Å². The number of phenolic OH excluding ortho intramolecular Hbond substituents is 1. The minimum Gasteiger partial charge on any atom is -0.506 e. The molecule has 4 nitrogen and oxygen atoms in total. The van der Waals surface area contributed by atoms with Gasteiger partial charge in [0.2, 0.25) is 0 Å². The van der Waals surface area contributed by atoms with Crippen molar-refractivity contribution in [3.8, 4) is 5.75 Å². The summed E-state index contributed by atoms with van der Waals surface area (Å²) in [6.07, 6.45) is 0. The molecule has 2 rings (SSSR count). The van der Waals surface area contributed by atoms with Crippen LogP contribution in [0.15, 0.2) is 18.2 Å². The van der Waals surface area contributed by atoms with Crippen molar-refractivity contribution in [2.24, 2.45) is 0 Å². The van der Waals surface area contributed by atoms with E-state index < -0.39 is 0 Å². The van der Waals surface area contributed by atoms with Crippen LogP contribution in [0.25, 0.3) is 0 Å². The largest absolute Gasteiger partial charge is 0.506 e. The van der Waals surface area contributed by atoms with Crippen LogP contribution in [0.3, 0.4) is 0 Å². The zero-order chi connectivity index (χ0) is 10.1. The van der Waals surface area contributed by atoms with Crippen LogP contribution < -0.4 is 10.6 Å². The summed E-state index contributed by atoms with van der Waals surface area (Å²) in [5.74, 6) is 0.0488. The predicted molar refractivity (Wildman–Crippen MR) is 52.4 cm³/mol. The molecule has 1 atom stereocenters. The molecule has 0 unspecified atom stereocenters. The van der Waals surface area contributed by atoms with Crippen LogP contribution in [-0.4, -0.2) is 17.7 Å². The molecule has 1 aliphatic rings. The molecular weight excluding hydrogens is 204 g/mol. The molecule has 0 saturated carbocycles. The van der Waals surface area contributed by atoms with Gasteiger partial charge in [0, 0.05) is 6.54 Å². The van der Waals surface area contributed by atoms with E-state index in [9.17, 15) is 9.90 Å². The molecule has 5 heteroatoms. The molecular formula is C9H9ClN2O2. The van der Waals surface area contributed by atoms with E-state index in [1.165, 1.54) is 6.07 Å². The van der Waals surface area contributed by atoms with Crippen molar-refractivity contribution in [3.05, 3.63) is 28.8 Å². The zero-order valence-corrected chi connectivity index (χ0v) is 8.01. The van der Waals surface area contributed by atoms with Gasteiger partial charge in [0.25, 0.3) is 0 Å². The lowest BCUT2D eigenvalue weighted by atomic mass is 10.1. The van der Waals surface area contributed by atoms with Gasteiger partial charge >= 0.3 is 6.03 Å². The Morgan fingerprint density at radius 3 is 2.86 bits per heavy atom. The Balaban J connectivity index is 2.24. The predicted octanol–water partition coefficient (Wildman–Crippen LogP) is 1.40. The molecule has 1 aromatic rings. The monoisotopic (exact) mass is 212 g/mol. The second-order valence-electron chi connectivity index (χ2n) is 3.12. The lowest BCUT2D eigenvalue weighted by Crippen LogP contribution is -2.21. The molecule has 74 valence electrons. The van der Waals surface area contributed by atoms with Crippen LogP contribution in [0, 0.1) is 0 Å². The van der Waals surface area contributed by atoms with Gasteiger partial charge in [0.1, 0.15) is 5.75 Å². The molecule has 1 aromatic carbocycles. The number of nitrogens with one attached hydrogen (secondary N) is 2. The Morgan fingerprint density at radius 2 is 2.29 bits per heavy atom. The van der Waals surface area contributed by atoms with Gasteiger partial charge < -0.3 is 15.7 Å². The van der Waals surface area contributed by atoms with Gasteiger partial charge in [0.15, 0.2) is 0 Å². The molecule has 1 saturated heterocycles. The van der Waals surface area contributed by atoms with Crippen molar-refractivity contribution in [3.63, 3.8) is 0 Å². The fourth-order valence-electron chi connectivity index (χ4n) is 1.40. The van der Waals surface area contributed by atoms with Crippen LogP contribution in [0.1, 0.15) is 11.6 Å². The van der Waals surface area contributed by atoms with Gasteiger partial charge in [-0.1, -0.05) is 17.7 Å². The minimum atomic E-state index is -0.181. The van der Waals surface area contributed by atoms with Gasteiger partial charge in [-0.3, -0.25) is 0 Å². The molecule has 1 fully saturated rings. The third-order valence-corrected chi connectivity index (χ3v) is 2.45. The molecule has 0 bridgehead atoms. The standard InChI is InChI=1S/C9H9ClN2O2/c10-6-3-5(1-2-8(6)13)7-4-11-9(14)12-7/h1-3,7,13H,4H2,(H2,11,12,14)/t7-/m1/s1. The topological polar surface area (TPSA) is 61.4 Å². The van der Waals surface area contributed by atoms with E-state index in [4.69, 9.17) is 11.6 Å². The molecule has 2 amide bonds. The van der Waals surface area contributed by atoms with Crippen molar-refractivity contribution in [2.45, 2.75) is 6.04 Å². The number of hydrogen-bond acceptors (Lipinski definition) is 2. The maximum Gasteiger partial charge on any atom is 0.315 e. The number of rotatable bonds is 1. The summed E-state index contributed by atoms with van der Waals surface area (Å²) in [6.45, 7) is 0.542. The van der Waals surface area contributed by atoms with Gasteiger partial charge in [0.05, 0.1) is 11.1 Å². The van der Waals surface area contributed by atoms with Crippen molar-refractivity contribution in [1.82, 2.24) is 10.6 Å². The summed E-state index contributed by atoms with van der Waals surface area (Å²) in [6, 6.07) is 4.65. The van der Waals surface area contributed by atoms with E-state index in [-0.39, 0.29) is 17.8 Å². The number of phenols is 1. The smallest absolute Gasteiger partial charge is 0.315 e. The number of urea groups is 1. The van der Waals surface area contributed by atoms with Gasteiger partial charge in [-0.25, -0.2) is 4.79 Å². The fraction of sp³-hybridized carbons (Fsp3) is 0.222. The molecule has 0 aromatic heterocycles. The third-order valence-electron chi connectivity index (χ3n) is 2.15. The van der Waals surface area contributed by atoms with Crippen LogP contribution in [0.5, 0.6) is 5.75 Å². The molecule has 3 N–H and O–H groups in total. The SMILES string of the molecule is O=C1NC[C@H](c2ccc(O)c(Cl)c2)N1. The molecule has 0 radical (unpaired) electrons. The number of hydrogen-bond donors (Lipinski definition) is 3. The van der Waals surface area contributed by atoms with Crippen LogP contribution in [-0.2, 0) is 0 Å². The van der Waals surface area contributed by atoms with Crippen LogP contribution in [0.2, 0.25) is 5.02 Å². The van der Waals surface area contributed by atoms with Crippen molar-refractivity contribution < 1.29 is 9.90 Å². The normalized spacial score (nSPS) is 20.4. The second kappa shape index (κ2) is 3.38. The Bertz CT molecular complexity index is 381. The molecule has 1 heterocycles. The highest BCUT2D eigenvalue weighted by Gasteiger charge is 2.21. The Morgan fingerprint density at radius 1 is 1.50 bits per heavy atom. The first-order valence-electron chi connectivity index (χ1n) is 4.19.